The fraction of sp³-hybridized carbons (Fsp3) is 0.261. The maximum absolute atomic E-state index is 12.6. The molecule has 9 nitrogen and oxygen atoms in total. The number of amides is 2. The van der Waals surface area contributed by atoms with Gasteiger partial charge in [-0.25, -0.2) is 9.50 Å². The van der Waals surface area contributed by atoms with E-state index in [1.807, 2.05) is 27.7 Å². The van der Waals surface area contributed by atoms with Crippen molar-refractivity contribution in [1.29, 1.82) is 0 Å². The Balaban J connectivity index is 1.40. The van der Waals surface area contributed by atoms with Crippen molar-refractivity contribution in [2.24, 2.45) is 0 Å². The second kappa shape index (κ2) is 8.67. The monoisotopic (exact) mass is 466 g/mol. The summed E-state index contributed by atoms with van der Waals surface area (Å²) in [6.45, 7) is 7.89. The highest BCUT2D eigenvalue weighted by molar-refractivity contribution is 6.29. The van der Waals surface area contributed by atoms with Crippen molar-refractivity contribution in [2.75, 3.05) is 10.6 Å². The first-order valence-corrected chi connectivity index (χ1v) is 10.7. The summed E-state index contributed by atoms with van der Waals surface area (Å²) in [5, 5.41) is 13.9. The molecule has 10 heteroatoms. The van der Waals surface area contributed by atoms with Crippen LogP contribution >= 0.6 is 11.6 Å². The van der Waals surface area contributed by atoms with Crippen LogP contribution in [0.1, 0.15) is 48.1 Å². The van der Waals surface area contributed by atoms with Crippen LogP contribution in [0.15, 0.2) is 47.1 Å². The first-order chi connectivity index (χ1) is 15.6. The van der Waals surface area contributed by atoms with E-state index in [0.717, 1.165) is 11.1 Å². The van der Waals surface area contributed by atoms with E-state index < -0.39 is 0 Å². The Bertz CT molecular complexity index is 1350. The molecule has 0 fully saturated rings. The third-order valence-electron chi connectivity index (χ3n) is 4.99. The number of carbonyl (C=O) groups is 2. The Morgan fingerprint density at radius 2 is 1.91 bits per heavy atom. The van der Waals surface area contributed by atoms with Gasteiger partial charge in [0.25, 0.3) is 5.91 Å². The quantitative estimate of drug-likeness (QED) is 0.450. The molecule has 3 heterocycles. The highest BCUT2D eigenvalue weighted by Crippen LogP contribution is 2.24. The van der Waals surface area contributed by atoms with E-state index in [9.17, 15) is 9.59 Å². The molecule has 4 rings (SSSR count). The van der Waals surface area contributed by atoms with E-state index in [1.54, 1.807) is 36.4 Å². The Hall–Kier alpha value is -3.72. The molecular formula is C23H23ClN6O3. The lowest BCUT2D eigenvalue weighted by Gasteiger charge is -2.12. The van der Waals surface area contributed by atoms with Gasteiger partial charge in [-0.05, 0) is 42.3 Å². The van der Waals surface area contributed by atoms with E-state index in [0.29, 0.717) is 28.1 Å². The van der Waals surface area contributed by atoms with Gasteiger partial charge in [-0.1, -0.05) is 43.6 Å². The van der Waals surface area contributed by atoms with E-state index in [1.165, 1.54) is 10.7 Å². The van der Waals surface area contributed by atoms with Crippen LogP contribution in [0.5, 0.6) is 0 Å². The fourth-order valence-electron chi connectivity index (χ4n) is 3.18. The Kier molecular flexibility index (Phi) is 5.90. The number of benzene rings is 1. The van der Waals surface area contributed by atoms with Crippen LogP contribution in [0.2, 0.25) is 5.15 Å². The van der Waals surface area contributed by atoms with Gasteiger partial charge >= 0.3 is 0 Å². The van der Waals surface area contributed by atoms with Crippen molar-refractivity contribution in [1.82, 2.24) is 19.8 Å². The number of rotatable bonds is 5. The number of anilines is 2. The Labute approximate surface area is 195 Å². The molecule has 0 saturated heterocycles. The maximum atomic E-state index is 12.6. The van der Waals surface area contributed by atoms with Gasteiger partial charge in [-0.2, -0.15) is 5.10 Å². The third-order valence-corrected chi connectivity index (χ3v) is 5.19. The van der Waals surface area contributed by atoms with Gasteiger partial charge in [-0.15, -0.1) is 0 Å². The zero-order valence-corrected chi connectivity index (χ0v) is 19.4. The zero-order valence-electron chi connectivity index (χ0n) is 18.6. The van der Waals surface area contributed by atoms with Gasteiger partial charge in [0.1, 0.15) is 16.6 Å². The summed E-state index contributed by atoms with van der Waals surface area (Å²) in [4.78, 5) is 29.3. The van der Waals surface area contributed by atoms with E-state index in [-0.39, 0.29) is 29.3 Å². The molecule has 0 aliphatic carbocycles. The summed E-state index contributed by atoms with van der Waals surface area (Å²) in [7, 11) is 0. The number of fused-ring (bicyclic) bond motifs is 1. The van der Waals surface area contributed by atoms with Crippen LogP contribution in [-0.2, 0) is 16.6 Å². The van der Waals surface area contributed by atoms with Crippen LogP contribution in [0, 0.1) is 6.92 Å². The molecule has 0 saturated carbocycles. The number of hydrogen-bond donors (Lipinski definition) is 2. The minimum absolute atomic E-state index is 0.163. The summed E-state index contributed by atoms with van der Waals surface area (Å²) >= 11 is 5.87. The van der Waals surface area contributed by atoms with E-state index in [4.69, 9.17) is 16.1 Å². The SMILES string of the molecule is Cc1cc(NC(=O)c2cn3nc(Cl)ccc3n2)ccc1CC(=O)Nc1cc(C(C)(C)C)on1. The standard InChI is InChI=1S/C23H23ClN6O3/c1-13-9-15(25-22(32)16-12-30-20(26-16)8-7-18(24)28-30)6-5-14(13)10-21(31)27-19-11-17(33-29-19)23(2,3)4/h5-9,11-12H,10H2,1-4H3,(H,25,32)(H,27,29,31). The van der Waals surface area contributed by atoms with Crippen molar-refractivity contribution >= 4 is 40.6 Å². The van der Waals surface area contributed by atoms with E-state index >= 15 is 0 Å². The van der Waals surface area contributed by atoms with Crippen molar-refractivity contribution in [2.45, 2.75) is 39.5 Å². The number of aryl methyl sites for hydroxylation is 1. The van der Waals surface area contributed by atoms with Crippen LogP contribution in [-0.4, -0.2) is 31.6 Å². The van der Waals surface area contributed by atoms with Crippen molar-refractivity contribution in [3.63, 3.8) is 0 Å². The number of aromatic nitrogens is 4. The highest BCUT2D eigenvalue weighted by atomic mass is 35.5. The molecule has 2 N–H and O–H groups in total. The molecule has 0 aliphatic heterocycles. The Morgan fingerprint density at radius 3 is 2.61 bits per heavy atom. The first-order valence-electron chi connectivity index (χ1n) is 10.3. The lowest BCUT2D eigenvalue weighted by Crippen LogP contribution is -2.16. The van der Waals surface area contributed by atoms with Gasteiger partial charge in [0.2, 0.25) is 5.91 Å². The van der Waals surface area contributed by atoms with Crippen LogP contribution < -0.4 is 10.6 Å². The summed E-state index contributed by atoms with van der Waals surface area (Å²) < 4.78 is 6.74. The Morgan fingerprint density at radius 1 is 1.12 bits per heavy atom. The second-order valence-electron chi connectivity index (χ2n) is 8.73. The van der Waals surface area contributed by atoms with Crippen LogP contribution in [0.4, 0.5) is 11.5 Å². The minimum Gasteiger partial charge on any atom is -0.359 e. The predicted octanol–water partition coefficient (Wildman–Crippen LogP) is 4.41. The second-order valence-corrected chi connectivity index (χ2v) is 9.12. The summed E-state index contributed by atoms with van der Waals surface area (Å²) in [5.74, 6) is 0.495. The number of hydrogen-bond acceptors (Lipinski definition) is 6. The average Bonchev–Trinajstić information content (AvgIpc) is 3.36. The van der Waals surface area contributed by atoms with Gasteiger partial charge in [-0.3, -0.25) is 9.59 Å². The molecule has 0 aliphatic rings. The van der Waals surface area contributed by atoms with E-state index in [2.05, 4.69) is 25.9 Å². The smallest absolute Gasteiger partial charge is 0.275 e. The first kappa shape index (κ1) is 22.5. The summed E-state index contributed by atoms with van der Waals surface area (Å²) in [6.07, 6.45) is 1.67. The van der Waals surface area contributed by atoms with Gasteiger partial charge in [0.05, 0.1) is 12.6 Å². The molecule has 3 aromatic heterocycles. The molecule has 170 valence electrons. The molecule has 0 atom stereocenters. The fourth-order valence-corrected chi connectivity index (χ4v) is 3.33. The molecule has 0 bridgehead atoms. The zero-order chi connectivity index (χ0) is 23.8. The minimum atomic E-state index is -0.373. The van der Waals surface area contributed by atoms with Crippen molar-refractivity contribution in [3.05, 3.63) is 70.3 Å². The molecule has 0 spiro atoms. The highest BCUT2D eigenvalue weighted by Gasteiger charge is 2.20. The molecule has 33 heavy (non-hydrogen) atoms. The molecule has 4 aromatic rings. The topological polar surface area (TPSA) is 114 Å². The summed E-state index contributed by atoms with van der Waals surface area (Å²) in [6, 6.07) is 10.4. The van der Waals surface area contributed by atoms with Gasteiger partial charge in [0, 0.05) is 17.2 Å². The predicted molar refractivity (Wildman–Crippen MR) is 125 cm³/mol. The number of nitrogens with one attached hydrogen (secondary N) is 2. The van der Waals surface area contributed by atoms with Crippen molar-refractivity contribution in [3.8, 4) is 0 Å². The molecular weight excluding hydrogens is 444 g/mol. The lowest BCUT2D eigenvalue weighted by molar-refractivity contribution is -0.115. The molecule has 0 radical (unpaired) electrons. The molecule has 1 aromatic carbocycles. The van der Waals surface area contributed by atoms with Crippen LogP contribution in [0.3, 0.4) is 0 Å². The number of halogens is 1. The van der Waals surface area contributed by atoms with Crippen molar-refractivity contribution < 1.29 is 14.1 Å². The number of carbonyl (C=O) groups excluding carboxylic acids is 2. The normalized spacial score (nSPS) is 11.5. The largest absolute Gasteiger partial charge is 0.359 e. The molecule has 0 unspecified atom stereocenters. The number of nitrogens with zero attached hydrogens (tertiary/aromatic N) is 4. The van der Waals surface area contributed by atoms with Gasteiger partial charge in [0.15, 0.2) is 11.5 Å². The third kappa shape index (κ3) is 5.20. The van der Waals surface area contributed by atoms with Gasteiger partial charge < -0.3 is 15.2 Å². The molecule has 2 amide bonds. The average molecular weight is 467 g/mol. The lowest BCUT2D eigenvalue weighted by atomic mass is 9.93. The number of imidazole rings is 1. The maximum Gasteiger partial charge on any atom is 0.275 e. The summed E-state index contributed by atoms with van der Waals surface area (Å²) in [5.41, 5.74) is 2.83. The van der Waals surface area contributed by atoms with Crippen LogP contribution in [0.25, 0.3) is 5.65 Å².